The number of carbonyl (C=O) groups excluding carboxylic acids is 1. The maximum absolute atomic E-state index is 11.2. The van der Waals surface area contributed by atoms with Gasteiger partial charge in [0.15, 0.2) is 0 Å². The van der Waals surface area contributed by atoms with E-state index < -0.39 is 0 Å². The highest BCUT2D eigenvalue weighted by molar-refractivity contribution is 5.71. The summed E-state index contributed by atoms with van der Waals surface area (Å²) < 4.78 is 10.5. The lowest BCUT2D eigenvalue weighted by atomic mass is 10.1. The number of esters is 1. The summed E-state index contributed by atoms with van der Waals surface area (Å²) in [5, 5.41) is 3.13. The molecule has 1 aromatic rings. The van der Waals surface area contributed by atoms with Gasteiger partial charge in [-0.05, 0) is 45.4 Å². The van der Waals surface area contributed by atoms with Crippen molar-refractivity contribution in [1.82, 2.24) is 5.32 Å². The number of benzene rings is 1. The molecule has 0 saturated carbocycles. The Hall–Kier alpha value is -1.55. The van der Waals surface area contributed by atoms with Crippen molar-refractivity contribution in [1.29, 1.82) is 0 Å². The van der Waals surface area contributed by atoms with Gasteiger partial charge in [-0.2, -0.15) is 0 Å². The topological polar surface area (TPSA) is 47.6 Å². The molecule has 0 amide bonds. The first-order valence-electron chi connectivity index (χ1n) is 6.68. The van der Waals surface area contributed by atoms with Crippen molar-refractivity contribution in [2.75, 3.05) is 13.2 Å². The summed E-state index contributed by atoms with van der Waals surface area (Å²) in [6.45, 7) is 8.44. The lowest BCUT2D eigenvalue weighted by Gasteiger charge is -2.15. The molecule has 0 aromatic heterocycles. The van der Waals surface area contributed by atoms with Crippen molar-refractivity contribution in [3.05, 3.63) is 29.8 Å². The third-order valence-corrected chi connectivity index (χ3v) is 2.61. The van der Waals surface area contributed by atoms with Crippen molar-refractivity contribution in [3.63, 3.8) is 0 Å². The summed E-state index contributed by atoms with van der Waals surface area (Å²) in [6.07, 6.45) is 0.171. The Balaban J connectivity index is 2.48. The van der Waals surface area contributed by atoms with Crippen LogP contribution in [-0.4, -0.2) is 25.2 Å². The lowest BCUT2D eigenvalue weighted by Crippen LogP contribution is -2.27. The van der Waals surface area contributed by atoms with Crippen LogP contribution in [0.3, 0.4) is 0 Å². The van der Waals surface area contributed by atoms with E-state index in [0.717, 1.165) is 11.3 Å². The highest BCUT2D eigenvalue weighted by Crippen LogP contribution is 2.18. The van der Waals surface area contributed by atoms with Gasteiger partial charge < -0.3 is 14.8 Å². The largest absolute Gasteiger partial charge is 0.491 e. The fourth-order valence-electron chi connectivity index (χ4n) is 1.67. The summed E-state index contributed by atoms with van der Waals surface area (Å²) in [5.74, 6) is 0.630. The van der Waals surface area contributed by atoms with E-state index >= 15 is 0 Å². The van der Waals surface area contributed by atoms with E-state index in [0.29, 0.717) is 6.61 Å². The Morgan fingerprint density at radius 2 is 1.84 bits per heavy atom. The zero-order valence-electron chi connectivity index (χ0n) is 12.1. The van der Waals surface area contributed by atoms with E-state index in [4.69, 9.17) is 9.47 Å². The number of ether oxygens (including phenoxy) is 2. The first kappa shape index (κ1) is 15.5. The Kier molecular flexibility index (Phi) is 6.36. The van der Waals surface area contributed by atoms with Crippen molar-refractivity contribution in [3.8, 4) is 5.75 Å². The summed E-state index contributed by atoms with van der Waals surface area (Å²) in [6, 6.07) is 7.98. The minimum Gasteiger partial charge on any atom is -0.491 e. The molecule has 4 heteroatoms. The minimum atomic E-state index is -0.228. The molecule has 1 atom stereocenters. The van der Waals surface area contributed by atoms with Crippen LogP contribution >= 0.6 is 0 Å². The van der Waals surface area contributed by atoms with E-state index in [9.17, 15) is 4.79 Å². The molecule has 1 rings (SSSR count). The lowest BCUT2D eigenvalue weighted by molar-refractivity contribution is -0.142. The van der Waals surface area contributed by atoms with Crippen LogP contribution in [0.25, 0.3) is 0 Å². The van der Waals surface area contributed by atoms with Gasteiger partial charge in [-0.1, -0.05) is 12.1 Å². The van der Waals surface area contributed by atoms with E-state index in [-0.39, 0.29) is 24.7 Å². The molecule has 19 heavy (non-hydrogen) atoms. The van der Waals surface area contributed by atoms with Gasteiger partial charge in [-0.15, -0.1) is 0 Å². The average Bonchev–Trinajstić information content (AvgIpc) is 2.36. The molecule has 0 fully saturated rings. The zero-order chi connectivity index (χ0) is 14.3. The number of rotatable bonds is 7. The number of hydrogen-bond donors (Lipinski definition) is 1. The maximum atomic E-state index is 11.2. The molecule has 0 saturated heterocycles. The predicted octanol–water partition coefficient (Wildman–Crippen LogP) is 2.69. The van der Waals surface area contributed by atoms with Crippen LogP contribution in [0.5, 0.6) is 5.75 Å². The number of nitrogens with one attached hydrogen (secondary N) is 1. The third kappa shape index (κ3) is 5.75. The Morgan fingerprint density at radius 1 is 1.21 bits per heavy atom. The normalized spacial score (nSPS) is 12.3. The molecule has 0 aliphatic heterocycles. The molecule has 0 aliphatic rings. The van der Waals surface area contributed by atoms with Crippen molar-refractivity contribution in [2.24, 2.45) is 0 Å². The van der Waals surface area contributed by atoms with Crippen LogP contribution in [0.1, 0.15) is 39.3 Å². The summed E-state index contributed by atoms with van der Waals surface area (Å²) in [7, 11) is 0. The van der Waals surface area contributed by atoms with E-state index in [1.54, 1.807) is 6.92 Å². The molecule has 0 bridgehead atoms. The van der Waals surface area contributed by atoms with E-state index in [1.807, 2.05) is 45.0 Å². The molecule has 1 N–H and O–H groups in total. The highest BCUT2D eigenvalue weighted by atomic mass is 16.5. The Labute approximate surface area is 115 Å². The minimum absolute atomic E-state index is 0.0949. The summed E-state index contributed by atoms with van der Waals surface area (Å²) >= 11 is 0. The highest BCUT2D eigenvalue weighted by Gasteiger charge is 2.08. The SMILES string of the molecule is CCOC(=O)CNC(C)c1ccc(OC(C)C)cc1. The average molecular weight is 265 g/mol. The van der Waals surface area contributed by atoms with Gasteiger partial charge in [0.2, 0.25) is 0 Å². The fourth-order valence-corrected chi connectivity index (χ4v) is 1.67. The third-order valence-electron chi connectivity index (χ3n) is 2.61. The number of carbonyl (C=O) groups is 1. The maximum Gasteiger partial charge on any atom is 0.319 e. The number of hydrogen-bond acceptors (Lipinski definition) is 4. The van der Waals surface area contributed by atoms with Gasteiger partial charge in [-0.3, -0.25) is 4.79 Å². The predicted molar refractivity (Wildman–Crippen MR) is 75.3 cm³/mol. The quantitative estimate of drug-likeness (QED) is 0.770. The molecule has 0 spiro atoms. The Morgan fingerprint density at radius 3 is 2.37 bits per heavy atom. The van der Waals surface area contributed by atoms with Crippen LogP contribution in [0.15, 0.2) is 24.3 Å². The van der Waals surface area contributed by atoms with Crippen LogP contribution in [0.4, 0.5) is 0 Å². The van der Waals surface area contributed by atoms with E-state index in [2.05, 4.69) is 5.32 Å². The summed E-state index contributed by atoms with van der Waals surface area (Å²) in [4.78, 5) is 11.2. The van der Waals surface area contributed by atoms with Crippen LogP contribution in [0, 0.1) is 0 Å². The van der Waals surface area contributed by atoms with Gasteiger partial charge in [0, 0.05) is 6.04 Å². The summed E-state index contributed by atoms with van der Waals surface area (Å²) in [5.41, 5.74) is 1.11. The van der Waals surface area contributed by atoms with Gasteiger partial charge in [-0.25, -0.2) is 0 Å². The molecule has 0 radical (unpaired) electrons. The second-order valence-corrected chi connectivity index (χ2v) is 4.64. The van der Waals surface area contributed by atoms with Gasteiger partial charge in [0.1, 0.15) is 5.75 Å². The second kappa shape index (κ2) is 7.79. The molecule has 1 unspecified atom stereocenters. The standard InChI is InChI=1S/C15H23NO3/c1-5-18-15(17)10-16-12(4)13-6-8-14(9-7-13)19-11(2)3/h6-9,11-12,16H,5,10H2,1-4H3. The first-order valence-corrected chi connectivity index (χ1v) is 6.68. The van der Waals surface area contributed by atoms with Crippen molar-refractivity contribution < 1.29 is 14.3 Å². The fraction of sp³-hybridized carbons (Fsp3) is 0.533. The smallest absolute Gasteiger partial charge is 0.319 e. The molecule has 1 aromatic carbocycles. The zero-order valence-corrected chi connectivity index (χ0v) is 12.1. The molecule has 4 nitrogen and oxygen atoms in total. The molecular formula is C15H23NO3. The second-order valence-electron chi connectivity index (χ2n) is 4.64. The van der Waals surface area contributed by atoms with Crippen molar-refractivity contribution in [2.45, 2.75) is 39.8 Å². The first-order chi connectivity index (χ1) is 9.02. The van der Waals surface area contributed by atoms with E-state index in [1.165, 1.54) is 0 Å². The van der Waals surface area contributed by atoms with Crippen LogP contribution < -0.4 is 10.1 Å². The van der Waals surface area contributed by atoms with Gasteiger partial charge >= 0.3 is 5.97 Å². The molecule has 0 aliphatic carbocycles. The molecular weight excluding hydrogens is 242 g/mol. The van der Waals surface area contributed by atoms with Crippen molar-refractivity contribution >= 4 is 5.97 Å². The van der Waals surface area contributed by atoms with Gasteiger partial charge in [0.05, 0.1) is 19.3 Å². The Bertz CT molecular complexity index is 387. The molecule has 106 valence electrons. The van der Waals surface area contributed by atoms with Crippen LogP contribution in [0.2, 0.25) is 0 Å². The van der Waals surface area contributed by atoms with Gasteiger partial charge in [0.25, 0.3) is 0 Å². The van der Waals surface area contributed by atoms with Crippen LogP contribution in [-0.2, 0) is 9.53 Å². The molecule has 0 heterocycles. The monoisotopic (exact) mass is 265 g/mol.